The highest BCUT2D eigenvalue weighted by atomic mass is 16.5. The second kappa shape index (κ2) is 2.81. The molecule has 0 amide bonds. The lowest BCUT2D eigenvalue weighted by atomic mass is 10.2. The van der Waals surface area contributed by atoms with Crippen LogP contribution in [0, 0.1) is 0 Å². The maximum atomic E-state index is 5.61. The summed E-state index contributed by atoms with van der Waals surface area (Å²) in [6, 6.07) is 0.413. The Labute approximate surface area is 66.8 Å². The molecule has 0 radical (unpaired) electrons. The maximum Gasteiger partial charge on any atom is 0.184 e. The number of hydrogen-bond acceptors (Lipinski definition) is 3. The van der Waals surface area contributed by atoms with Crippen molar-refractivity contribution in [3.63, 3.8) is 0 Å². The molecule has 2 unspecified atom stereocenters. The zero-order chi connectivity index (χ0) is 7.68. The Balaban J connectivity index is 1.96. The van der Waals surface area contributed by atoms with Crippen LogP contribution in [0.4, 0.5) is 0 Å². The van der Waals surface area contributed by atoms with Gasteiger partial charge in [0.25, 0.3) is 0 Å². The molecular weight excluding hydrogens is 140 g/mol. The van der Waals surface area contributed by atoms with E-state index in [-0.39, 0.29) is 0 Å². The monoisotopic (exact) mass is 154 g/mol. The van der Waals surface area contributed by atoms with Crippen molar-refractivity contribution in [2.45, 2.75) is 31.9 Å². The molecule has 2 heterocycles. The summed E-state index contributed by atoms with van der Waals surface area (Å²) in [4.78, 5) is 4.47. The van der Waals surface area contributed by atoms with Crippen molar-refractivity contribution in [3.8, 4) is 0 Å². The number of aliphatic imine (C=N–C) groups is 1. The molecule has 0 bridgehead atoms. The van der Waals surface area contributed by atoms with Gasteiger partial charge >= 0.3 is 0 Å². The van der Waals surface area contributed by atoms with E-state index in [0.29, 0.717) is 12.1 Å². The third-order valence-corrected chi connectivity index (χ3v) is 2.19. The van der Waals surface area contributed by atoms with Gasteiger partial charge in [-0.25, -0.2) is 4.99 Å². The minimum atomic E-state index is 0.344. The molecule has 1 saturated heterocycles. The highest BCUT2D eigenvalue weighted by molar-refractivity contribution is 5.78. The van der Waals surface area contributed by atoms with Crippen LogP contribution in [-0.4, -0.2) is 31.1 Å². The highest BCUT2D eigenvalue weighted by Gasteiger charge is 2.34. The average molecular weight is 154 g/mol. The van der Waals surface area contributed by atoms with E-state index in [1.165, 1.54) is 0 Å². The largest absolute Gasteiger partial charge is 0.474 e. The predicted molar refractivity (Wildman–Crippen MR) is 43.9 cm³/mol. The molecule has 0 spiro atoms. The first kappa shape index (κ1) is 7.10. The van der Waals surface area contributed by atoms with Crippen LogP contribution in [0.3, 0.4) is 0 Å². The number of nitrogens with one attached hydrogen (secondary N) is 1. The van der Waals surface area contributed by atoms with Gasteiger partial charge in [0.15, 0.2) is 5.90 Å². The molecule has 0 aromatic rings. The van der Waals surface area contributed by atoms with Gasteiger partial charge in [0.2, 0.25) is 0 Å². The van der Waals surface area contributed by atoms with Crippen molar-refractivity contribution >= 4 is 5.90 Å². The third-order valence-electron chi connectivity index (χ3n) is 2.19. The quantitative estimate of drug-likeness (QED) is 0.630. The van der Waals surface area contributed by atoms with Gasteiger partial charge in [-0.2, -0.15) is 0 Å². The molecular formula is C8H14N2O. The highest BCUT2D eigenvalue weighted by Crippen LogP contribution is 2.18. The molecule has 11 heavy (non-hydrogen) atoms. The van der Waals surface area contributed by atoms with Gasteiger partial charge in [-0.15, -0.1) is 0 Å². The smallest absolute Gasteiger partial charge is 0.184 e. The first-order valence-corrected chi connectivity index (χ1v) is 4.34. The van der Waals surface area contributed by atoms with Crippen molar-refractivity contribution in [3.05, 3.63) is 0 Å². The standard InChI is InChI=1S/C8H14N2O/c1-2-3-8-10-6-4-9-5-7(6)11-8/h6-7,9H,2-5H2,1H3. The number of nitrogens with zero attached hydrogens (tertiary/aromatic N) is 1. The number of hydrogen-bond donors (Lipinski definition) is 1. The van der Waals surface area contributed by atoms with E-state index < -0.39 is 0 Å². The van der Waals surface area contributed by atoms with Crippen LogP contribution in [0.25, 0.3) is 0 Å². The summed E-state index contributed by atoms with van der Waals surface area (Å²) < 4.78 is 5.61. The molecule has 62 valence electrons. The summed E-state index contributed by atoms with van der Waals surface area (Å²) in [6.07, 6.45) is 2.48. The molecule has 0 aromatic carbocycles. The maximum absolute atomic E-state index is 5.61. The summed E-state index contributed by atoms with van der Waals surface area (Å²) >= 11 is 0. The molecule has 2 atom stereocenters. The fraction of sp³-hybridized carbons (Fsp3) is 0.875. The van der Waals surface area contributed by atoms with Crippen LogP contribution < -0.4 is 5.32 Å². The van der Waals surface area contributed by atoms with Crippen LogP contribution in [0.1, 0.15) is 19.8 Å². The summed E-state index contributed by atoms with van der Waals surface area (Å²) in [5.41, 5.74) is 0. The minimum Gasteiger partial charge on any atom is -0.474 e. The van der Waals surface area contributed by atoms with Crippen LogP contribution in [-0.2, 0) is 4.74 Å². The molecule has 2 aliphatic heterocycles. The summed E-state index contributed by atoms with van der Waals surface area (Å²) in [5.74, 6) is 0.976. The SMILES string of the molecule is CCCC1=NC2CNCC2O1. The van der Waals surface area contributed by atoms with Crippen molar-refractivity contribution in [2.24, 2.45) is 4.99 Å². The molecule has 0 aliphatic carbocycles. The average Bonchev–Trinajstić information content (AvgIpc) is 2.46. The summed E-state index contributed by atoms with van der Waals surface area (Å²) in [6.45, 7) is 4.12. The fourth-order valence-corrected chi connectivity index (χ4v) is 1.62. The molecule has 2 aliphatic rings. The second-order valence-corrected chi connectivity index (χ2v) is 3.15. The Morgan fingerprint density at radius 1 is 1.64 bits per heavy atom. The van der Waals surface area contributed by atoms with Crippen molar-refractivity contribution < 1.29 is 4.74 Å². The van der Waals surface area contributed by atoms with Gasteiger partial charge < -0.3 is 10.1 Å². The van der Waals surface area contributed by atoms with E-state index in [1.54, 1.807) is 0 Å². The van der Waals surface area contributed by atoms with Crippen molar-refractivity contribution in [2.75, 3.05) is 13.1 Å². The number of fused-ring (bicyclic) bond motifs is 1. The topological polar surface area (TPSA) is 33.6 Å². The molecule has 1 N–H and O–H groups in total. The van der Waals surface area contributed by atoms with Gasteiger partial charge in [-0.05, 0) is 6.42 Å². The lowest BCUT2D eigenvalue weighted by Gasteiger charge is -2.06. The van der Waals surface area contributed by atoms with Crippen LogP contribution in [0.15, 0.2) is 4.99 Å². The Hall–Kier alpha value is -0.570. The Morgan fingerprint density at radius 2 is 2.55 bits per heavy atom. The van der Waals surface area contributed by atoms with Gasteiger partial charge in [0.1, 0.15) is 12.1 Å². The zero-order valence-corrected chi connectivity index (χ0v) is 6.84. The minimum absolute atomic E-state index is 0.344. The molecule has 0 aromatic heterocycles. The van der Waals surface area contributed by atoms with E-state index in [1.807, 2.05) is 0 Å². The van der Waals surface area contributed by atoms with Crippen LogP contribution in [0.2, 0.25) is 0 Å². The van der Waals surface area contributed by atoms with E-state index in [2.05, 4.69) is 17.2 Å². The van der Waals surface area contributed by atoms with Crippen molar-refractivity contribution in [1.29, 1.82) is 0 Å². The van der Waals surface area contributed by atoms with E-state index in [9.17, 15) is 0 Å². The Kier molecular flexibility index (Phi) is 1.82. The first-order chi connectivity index (χ1) is 5.40. The van der Waals surface area contributed by atoms with Crippen LogP contribution >= 0.6 is 0 Å². The number of ether oxygens (including phenoxy) is 1. The first-order valence-electron chi connectivity index (χ1n) is 4.34. The predicted octanol–water partition coefficient (Wildman–Crippen LogP) is 0.556. The normalized spacial score (nSPS) is 34.8. The van der Waals surface area contributed by atoms with E-state index in [0.717, 1.165) is 31.8 Å². The molecule has 2 rings (SSSR count). The van der Waals surface area contributed by atoms with E-state index >= 15 is 0 Å². The number of rotatable bonds is 2. The summed E-state index contributed by atoms with van der Waals surface area (Å²) in [7, 11) is 0. The van der Waals surface area contributed by atoms with Crippen molar-refractivity contribution in [1.82, 2.24) is 5.32 Å². The van der Waals surface area contributed by atoms with Crippen LogP contribution in [0.5, 0.6) is 0 Å². The Morgan fingerprint density at radius 3 is 3.27 bits per heavy atom. The summed E-state index contributed by atoms with van der Waals surface area (Å²) in [5, 5.41) is 3.25. The zero-order valence-electron chi connectivity index (χ0n) is 6.84. The molecule has 3 nitrogen and oxygen atoms in total. The van der Waals surface area contributed by atoms with Gasteiger partial charge in [-0.3, -0.25) is 0 Å². The van der Waals surface area contributed by atoms with Gasteiger partial charge in [-0.1, -0.05) is 6.92 Å². The Bertz CT molecular complexity index is 179. The molecule has 0 saturated carbocycles. The van der Waals surface area contributed by atoms with Gasteiger partial charge in [0.05, 0.1) is 0 Å². The molecule has 3 heteroatoms. The molecule has 1 fully saturated rings. The third kappa shape index (κ3) is 1.25. The lowest BCUT2D eigenvalue weighted by molar-refractivity contribution is 0.219. The van der Waals surface area contributed by atoms with Gasteiger partial charge in [0, 0.05) is 19.5 Å². The fourth-order valence-electron chi connectivity index (χ4n) is 1.62. The lowest BCUT2D eigenvalue weighted by Crippen LogP contribution is -2.20. The van der Waals surface area contributed by atoms with E-state index in [4.69, 9.17) is 4.74 Å². The second-order valence-electron chi connectivity index (χ2n) is 3.15.